The molecule has 0 aliphatic carbocycles. The van der Waals surface area contributed by atoms with Gasteiger partial charge in [-0.1, -0.05) is 56.3 Å². The molecule has 2 amide bonds. The highest BCUT2D eigenvalue weighted by atomic mass is 32.1. The van der Waals surface area contributed by atoms with Crippen molar-refractivity contribution in [2.75, 3.05) is 13.2 Å². The van der Waals surface area contributed by atoms with Crippen LogP contribution in [0.5, 0.6) is 11.5 Å². The van der Waals surface area contributed by atoms with E-state index in [9.17, 15) is 9.59 Å². The minimum Gasteiger partial charge on any atom is -0.484 e. The predicted molar refractivity (Wildman–Crippen MR) is 132 cm³/mol. The molecule has 8 heteroatoms. The van der Waals surface area contributed by atoms with Crippen molar-refractivity contribution in [2.45, 2.75) is 26.7 Å². The smallest absolute Gasteiger partial charge is 0.276 e. The Labute approximate surface area is 198 Å². The van der Waals surface area contributed by atoms with Gasteiger partial charge < -0.3 is 9.47 Å². The maximum Gasteiger partial charge on any atom is 0.276 e. The molecule has 7 nitrogen and oxygen atoms in total. The van der Waals surface area contributed by atoms with Gasteiger partial charge in [-0.25, -0.2) is 0 Å². The Hall–Kier alpha value is -3.65. The number of fused-ring (bicyclic) bond motifs is 1. The van der Waals surface area contributed by atoms with E-state index in [0.29, 0.717) is 11.5 Å². The Kier molecular flexibility index (Phi) is 8.21. The van der Waals surface area contributed by atoms with Crippen LogP contribution in [0.25, 0.3) is 10.8 Å². The fourth-order valence-electron chi connectivity index (χ4n) is 3.15. The first kappa shape index (κ1) is 24.0. The summed E-state index contributed by atoms with van der Waals surface area (Å²) in [6.07, 6.45) is 0. The van der Waals surface area contributed by atoms with Crippen LogP contribution in [-0.4, -0.2) is 30.1 Å². The van der Waals surface area contributed by atoms with E-state index in [1.807, 2.05) is 61.5 Å². The molecule has 0 aromatic heterocycles. The van der Waals surface area contributed by atoms with Crippen LogP contribution >= 0.6 is 12.2 Å². The van der Waals surface area contributed by atoms with Crippen LogP contribution in [0.3, 0.4) is 0 Å². The molecule has 0 atom stereocenters. The molecule has 0 unspecified atom stereocenters. The minimum absolute atomic E-state index is 0.0473. The first-order valence-corrected chi connectivity index (χ1v) is 11.0. The summed E-state index contributed by atoms with van der Waals surface area (Å²) in [6, 6.07) is 19.3. The third-order valence-corrected chi connectivity index (χ3v) is 5.01. The maximum atomic E-state index is 12.1. The Balaban J connectivity index is 1.40. The summed E-state index contributed by atoms with van der Waals surface area (Å²) in [7, 11) is 0. The topological polar surface area (TPSA) is 88.7 Å². The summed E-state index contributed by atoms with van der Waals surface area (Å²) in [6.45, 7) is 5.66. The van der Waals surface area contributed by atoms with E-state index < -0.39 is 11.8 Å². The summed E-state index contributed by atoms with van der Waals surface area (Å²) >= 11 is 5.04. The number of carbonyl (C=O) groups excluding carboxylic acids is 2. The van der Waals surface area contributed by atoms with Gasteiger partial charge in [-0.05, 0) is 65.2 Å². The van der Waals surface area contributed by atoms with Gasteiger partial charge in [-0.15, -0.1) is 0 Å². The van der Waals surface area contributed by atoms with Crippen molar-refractivity contribution in [2.24, 2.45) is 0 Å². The SMILES string of the molecule is Cc1ccc(C(C)C)c(OCC(=O)NNC(=S)NC(=O)COc2ccc3ccccc3c2)c1. The van der Waals surface area contributed by atoms with Crippen molar-refractivity contribution >= 4 is 39.9 Å². The zero-order valence-electron chi connectivity index (χ0n) is 18.8. The summed E-state index contributed by atoms with van der Waals surface area (Å²) < 4.78 is 11.2. The standard InChI is InChI=1S/C25H27N3O4S/c1-16(2)21-11-8-17(3)12-22(21)32-15-24(30)27-28-25(33)26-23(29)14-31-20-10-9-18-6-4-5-7-19(18)13-20/h4-13,16H,14-15H2,1-3H3,(H,27,30)(H2,26,28,29,33). The number of nitrogens with one attached hydrogen (secondary N) is 3. The molecule has 0 radical (unpaired) electrons. The maximum absolute atomic E-state index is 12.1. The van der Waals surface area contributed by atoms with Crippen LogP contribution in [0, 0.1) is 6.92 Å². The first-order valence-electron chi connectivity index (χ1n) is 10.6. The van der Waals surface area contributed by atoms with E-state index in [-0.39, 0.29) is 24.2 Å². The van der Waals surface area contributed by atoms with Crippen LogP contribution in [0.4, 0.5) is 0 Å². The number of aryl methyl sites for hydroxylation is 1. The summed E-state index contributed by atoms with van der Waals surface area (Å²) in [5.74, 6) is 0.621. The van der Waals surface area contributed by atoms with Crippen LogP contribution in [0.1, 0.15) is 30.9 Å². The highest BCUT2D eigenvalue weighted by Crippen LogP contribution is 2.27. The third-order valence-electron chi connectivity index (χ3n) is 4.81. The molecule has 0 fully saturated rings. The third kappa shape index (κ3) is 7.18. The molecule has 0 spiro atoms. The lowest BCUT2D eigenvalue weighted by molar-refractivity contribution is -0.124. The number of hydrazine groups is 1. The van der Waals surface area contributed by atoms with Gasteiger partial charge in [0.1, 0.15) is 11.5 Å². The van der Waals surface area contributed by atoms with Gasteiger partial charge in [-0.2, -0.15) is 0 Å². The number of thiocarbonyl (C=S) groups is 1. The van der Waals surface area contributed by atoms with Gasteiger partial charge in [0.2, 0.25) is 0 Å². The lowest BCUT2D eigenvalue weighted by atomic mass is 10.0. The molecule has 3 rings (SSSR count). The Bertz CT molecular complexity index is 1160. The van der Waals surface area contributed by atoms with Crippen LogP contribution in [0.2, 0.25) is 0 Å². The molecule has 0 saturated heterocycles. The van der Waals surface area contributed by atoms with Gasteiger partial charge in [0.05, 0.1) is 0 Å². The van der Waals surface area contributed by atoms with Crippen molar-refractivity contribution in [1.82, 2.24) is 16.2 Å². The van der Waals surface area contributed by atoms with Crippen molar-refractivity contribution < 1.29 is 19.1 Å². The molecule has 0 heterocycles. The van der Waals surface area contributed by atoms with E-state index >= 15 is 0 Å². The van der Waals surface area contributed by atoms with E-state index in [2.05, 4.69) is 30.0 Å². The highest BCUT2D eigenvalue weighted by Gasteiger charge is 2.11. The van der Waals surface area contributed by atoms with Crippen LogP contribution in [-0.2, 0) is 9.59 Å². The lowest BCUT2D eigenvalue weighted by Gasteiger charge is -2.15. The fraction of sp³-hybridized carbons (Fsp3) is 0.240. The number of amides is 2. The second-order valence-corrected chi connectivity index (χ2v) is 8.24. The van der Waals surface area contributed by atoms with Crippen molar-refractivity contribution in [3.05, 3.63) is 71.8 Å². The molecule has 33 heavy (non-hydrogen) atoms. The average Bonchev–Trinajstić information content (AvgIpc) is 2.79. The zero-order valence-corrected chi connectivity index (χ0v) is 19.6. The zero-order chi connectivity index (χ0) is 23.8. The second kappa shape index (κ2) is 11.3. The Morgan fingerprint density at radius 3 is 2.36 bits per heavy atom. The molecule has 0 saturated carbocycles. The van der Waals surface area contributed by atoms with Crippen molar-refractivity contribution in [3.8, 4) is 11.5 Å². The number of ether oxygens (including phenoxy) is 2. The molecule has 3 aromatic carbocycles. The molecule has 0 aliphatic heterocycles. The van der Waals surface area contributed by atoms with E-state index in [0.717, 1.165) is 21.9 Å². The monoisotopic (exact) mass is 465 g/mol. The number of rotatable bonds is 7. The Morgan fingerprint density at radius 2 is 1.61 bits per heavy atom. The van der Waals surface area contributed by atoms with Gasteiger partial charge in [0, 0.05) is 0 Å². The average molecular weight is 466 g/mol. The van der Waals surface area contributed by atoms with Crippen LogP contribution in [0.15, 0.2) is 60.7 Å². The van der Waals surface area contributed by atoms with Gasteiger partial charge in [0.25, 0.3) is 11.8 Å². The van der Waals surface area contributed by atoms with E-state index in [1.165, 1.54) is 0 Å². The highest BCUT2D eigenvalue weighted by molar-refractivity contribution is 7.80. The summed E-state index contributed by atoms with van der Waals surface area (Å²) in [5.41, 5.74) is 6.96. The van der Waals surface area contributed by atoms with Gasteiger partial charge in [-0.3, -0.25) is 25.8 Å². The Morgan fingerprint density at radius 1 is 0.879 bits per heavy atom. The normalized spacial score (nSPS) is 10.5. The molecule has 172 valence electrons. The lowest BCUT2D eigenvalue weighted by Crippen LogP contribution is -2.50. The number of hydrogen-bond acceptors (Lipinski definition) is 5. The second-order valence-electron chi connectivity index (χ2n) is 7.83. The first-order chi connectivity index (χ1) is 15.8. The quantitative estimate of drug-likeness (QED) is 0.364. The molecule has 3 aromatic rings. The molecule has 0 bridgehead atoms. The number of hydrogen-bond donors (Lipinski definition) is 3. The largest absolute Gasteiger partial charge is 0.484 e. The number of benzene rings is 3. The summed E-state index contributed by atoms with van der Waals surface area (Å²) in [4.78, 5) is 24.2. The predicted octanol–water partition coefficient (Wildman–Crippen LogP) is 3.75. The van der Waals surface area contributed by atoms with Crippen LogP contribution < -0.4 is 25.6 Å². The summed E-state index contributed by atoms with van der Waals surface area (Å²) in [5, 5.41) is 4.50. The van der Waals surface area contributed by atoms with Crippen molar-refractivity contribution in [1.29, 1.82) is 0 Å². The molecular formula is C25H27N3O4S. The van der Waals surface area contributed by atoms with Gasteiger partial charge >= 0.3 is 0 Å². The minimum atomic E-state index is -0.451. The van der Waals surface area contributed by atoms with E-state index in [1.54, 1.807) is 6.07 Å². The number of carbonyl (C=O) groups is 2. The molecular weight excluding hydrogens is 438 g/mol. The van der Waals surface area contributed by atoms with E-state index in [4.69, 9.17) is 21.7 Å². The fourth-order valence-corrected chi connectivity index (χ4v) is 3.31. The van der Waals surface area contributed by atoms with Gasteiger partial charge in [0.15, 0.2) is 18.3 Å². The molecule has 0 aliphatic rings. The molecule has 3 N–H and O–H groups in total. The van der Waals surface area contributed by atoms with Crippen molar-refractivity contribution in [3.63, 3.8) is 0 Å².